The van der Waals surface area contributed by atoms with E-state index in [4.69, 9.17) is 0 Å². The van der Waals surface area contributed by atoms with Gasteiger partial charge in [0.15, 0.2) is 0 Å². The SMILES string of the molecule is CCN(CC)S(=O)(=O)c1ccc2[nH]cc(C(=O)NCc3ccc(C)cc3)c(=O)c2c1. The van der Waals surface area contributed by atoms with Crippen molar-refractivity contribution >= 4 is 26.8 Å². The van der Waals surface area contributed by atoms with Crippen LogP contribution in [0.3, 0.4) is 0 Å². The highest BCUT2D eigenvalue weighted by Crippen LogP contribution is 2.19. The van der Waals surface area contributed by atoms with Gasteiger partial charge < -0.3 is 10.3 Å². The predicted octanol–water partition coefficient (Wildman–Crippen LogP) is 2.80. The maximum Gasteiger partial charge on any atom is 0.257 e. The Morgan fingerprint density at radius 3 is 2.37 bits per heavy atom. The Hall–Kier alpha value is -2.97. The van der Waals surface area contributed by atoms with Gasteiger partial charge in [0, 0.05) is 36.7 Å². The van der Waals surface area contributed by atoms with Gasteiger partial charge in [0.05, 0.1) is 4.90 Å². The van der Waals surface area contributed by atoms with E-state index < -0.39 is 21.4 Å². The number of amides is 1. The fourth-order valence-corrected chi connectivity index (χ4v) is 4.71. The van der Waals surface area contributed by atoms with Crippen LogP contribution in [0, 0.1) is 6.92 Å². The van der Waals surface area contributed by atoms with Crippen LogP contribution in [-0.4, -0.2) is 36.7 Å². The largest absolute Gasteiger partial charge is 0.360 e. The molecule has 0 aliphatic rings. The second kappa shape index (κ2) is 8.81. The van der Waals surface area contributed by atoms with Crippen molar-refractivity contribution in [3.63, 3.8) is 0 Å². The Labute approximate surface area is 175 Å². The number of hydrogen-bond donors (Lipinski definition) is 2. The lowest BCUT2D eigenvalue weighted by molar-refractivity contribution is 0.0949. The summed E-state index contributed by atoms with van der Waals surface area (Å²) in [6, 6.07) is 12.0. The molecule has 2 aromatic carbocycles. The van der Waals surface area contributed by atoms with Crippen molar-refractivity contribution < 1.29 is 13.2 Å². The zero-order valence-corrected chi connectivity index (χ0v) is 18.0. The molecule has 30 heavy (non-hydrogen) atoms. The first-order valence-corrected chi connectivity index (χ1v) is 11.2. The summed E-state index contributed by atoms with van der Waals surface area (Å²) < 4.78 is 26.9. The number of hydrogen-bond acceptors (Lipinski definition) is 4. The molecule has 3 aromatic rings. The van der Waals surface area contributed by atoms with Crippen molar-refractivity contribution in [3.8, 4) is 0 Å². The number of benzene rings is 2. The van der Waals surface area contributed by atoms with E-state index in [1.807, 2.05) is 31.2 Å². The maximum atomic E-state index is 12.9. The molecular formula is C22H25N3O4S. The molecule has 0 bridgehead atoms. The molecule has 1 heterocycles. The van der Waals surface area contributed by atoms with Crippen molar-refractivity contribution in [2.24, 2.45) is 0 Å². The van der Waals surface area contributed by atoms with Gasteiger partial charge in [-0.15, -0.1) is 0 Å². The lowest BCUT2D eigenvalue weighted by atomic mass is 10.1. The van der Waals surface area contributed by atoms with E-state index in [1.54, 1.807) is 19.9 Å². The molecule has 0 aliphatic heterocycles. The van der Waals surface area contributed by atoms with Gasteiger partial charge in [0.2, 0.25) is 15.5 Å². The topological polar surface area (TPSA) is 99.3 Å². The van der Waals surface area contributed by atoms with Crippen molar-refractivity contribution in [1.82, 2.24) is 14.6 Å². The number of rotatable bonds is 7. The van der Waals surface area contributed by atoms with E-state index in [-0.39, 0.29) is 22.4 Å². The average Bonchev–Trinajstić information content (AvgIpc) is 2.74. The highest BCUT2D eigenvalue weighted by atomic mass is 32.2. The minimum Gasteiger partial charge on any atom is -0.360 e. The Morgan fingerprint density at radius 1 is 1.07 bits per heavy atom. The van der Waals surface area contributed by atoms with Crippen LogP contribution in [0.1, 0.15) is 35.3 Å². The number of aryl methyl sites for hydroxylation is 1. The summed E-state index contributed by atoms with van der Waals surface area (Å²) in [5.74, 6) is -0.518. The van der Waals surface area contributed by atoms with Gasteiger partial charge >= 0.3 is 0 Å². The first kappa shape index (κ1) is 21.7. The third-order valence-corrected chi connectivity index (χ3v) is 7.06. The minimum absolute atomic E-state index is 0.0291. The minimum atomic E-state index is -3.71. The summed E-state index contributed by atoms with van der Waals surface area (Å²) in [6.45, 7) is 6.43. The Balaban J connectivity index is 1.93. The highest BCUT2D eigenvalue weighted by molar-refractivity contribution is 7.89. The van der Waals surface area contributed by atoms with Gasteiger partial charge in [-0.2, -0.15) is 4.31 Å². The van der Waals surface area contributed by atoms with Crippen molar-refractivity contribution in [2.75, 3.05) is 13.1 Å². The highest BCUT2D eigenvalue weighted by Gasteiger charge is 2.23. The van der Waals surface area contributed by atoms with Crippen LogP contribution in [0.25, 0.3) is 10.9 Å². The van der Waals surface area contributed by atoms with E-state index in [0.29, 0.717) is 18.6 Å². The van der Waals surface area contributed by atoms with Crippen LogP contribution < -0.4 is 10.7 Å². The number of aromatic amines is 1. The molecule has 0 saturated heterocycles. The third-order valence-electron chi connectivity index (χ3n) is 5.01. The summed E-state index contributed by atoms with van der Waals surface area (Å²) in [7, 11) is -3.71. The number of carbonyl (C=O) groups is 1. The summed E-state index contributed by atoms with van der Waals surface area (Å²) in [5.41, 5.74) is 1.92. The van der Waals surface area contributed by atoms with E-state index in [0.717, 1.165) is 11.1 Å². The van der Waals surface area contributed by atoms with Gasteiger partial charge in [-0.3, -0.25) is 9.59 Å². The zero-order valence-electron chi connectivity index (χ0n) is 17.2. The molecule has 0 spiro atoms. The first-order valence-electron chi connectivity index (χ1n) is 9.77. The van der Waals surface area contributed by atoms with Crippen molar-refractivity contribution in [2.45, 2.75) is 32.2 Å². The number of fused-ring (bicyclic) bond motifs is 1. The molecule has 2 N–H and O–H groups in total. The molecule has 0 atom stereocenters. The van der Waals surface area contributed by atoms with E-state index >= 15 is 0 Å². The normalized spacial score (nSPS) is 11.7. The molecule has 8 heteroatoms. The molecule has 0 aliphatic carbocycles. The quantitative estimate of drug-likeness (QED) is 0.606. The van der Waals surface area contributed by atoms with Crippen molar-refractivity contribution in [1.29, 1.82) is 0 Å². The number of H-pyrrole nitrogens is 1. The second-order valence-corrected chi connectivity index (χ2v) is 8.93. The Bertz CT molecular complexity index is 1230. The molecule has 7 nitrogen and oxygen atoms in total. The first-order chi connectivity index (χ1) is 14.3. The Morgan fingerprint density at radius 2 is 1.73 bits per heavy atom. The number of carbonyl (C=O) groups excluding carboxylic acids is 1. The average molecular weight is 428 g/mol. The number of sulfonamides is 1. The van der Waals surface area contributed by atoms with Gasteiger partial charge in [-0.05, 0) is 30.7 Å². The van der Waals surface area contributed by atoms with E-state index in [9.17, 15) is 18.0 Å². The molecule has 1 amide bonds. The smallest absolute Gasteiger partial charge is 0.257 e. The Kier molecular flexibility index (Phi) is 6.38. The summed E-state index contributed by atoms with van der Waals surface area (Å²) in [4.78, 5) is 28.4. The van der Waals surface area contributed by atoms with E-state index in [1.165, 1.54) is 22.6 Å². The molecule has 0 saturated carbocycles. The number of pyridine rings is 1. The standard InChI is InChI=1S/C22H25N3O4S/c1-4-25(5-2)30(28,29)17-10-11-20-18(12-17)21(26)19(14-23-20)22(27)24-13-16-8-6-15(3)7-9-16/h6-12,14H,4-5,13H2,1-3H3,(H,23,26)(H,24,27). The third kappa shape index (κ3) is 4.29. The van der Waals surface area contributed by atoms with Crippen LogP contribution in [0.15, 0.2) is 58.4 Å². The monoisotopic (exact) mass is 427 g/mol. The van der Waals surface area contributed by atoms with Gasteiger partial charge in [-0.25, -0.2) is 8.42 Å². The lowest BCUT2D eigenvalue weighted by Gasteiger charge is -2.18. The zero-order chi connectivity index (χ0) is 21.9. The van der Waals surface area contributed by atoms with Crippen molar-refractivity contribution in [3.05, 3.63) is 75.6 Å². The van der Waals surface area contributed by atoms with E-state index in [2.05, 4.69) is 10.3 Å². The summed E-state index contributed by atoms with van der Waals surface area (Å²) in [6.07, 6.45) is 1.35. The summed E-state index contributed by atoms with van der Waals surface area (Å²) in [5, 5.41) is 2.89. The second-order valence-electron chi connectivity index (χ2n) is 7.00. The van der Waals surface area contributed by atoms with Crippen LogP contribution in [-0.2, 0) is 16.6 Å². The van der Waals surface area contributed by atoms with Gasteiger partial charge in [-0.1, -0.05) is 43.7 Å². The lowest BCUT2D eigenvalue weighted by Crippen LogP contribution is -2.31. The molecule has 1 aromatic heterocycles. The molecule has 0 fully saturated rings. The number of nitrogens with one attached hydrogen (secondary N) is 2. The molecule has 3 rings (SSSR count). The summed E-state index contributed by atoms with van der Waals surface area (Å²) >= 11 is 0. The predicted molar refractivity (Wildman–Crippen MR) is 117 cm³/mol. The van der Waals surface area contributed by atoms with Crippen LogP contribution in [0.2, 0.25) is 0 Å². The van der Waals surface area contributed by atoms with Gasteiger partial charge in [0.25, 0.3) is 5.91 Å². The van der Waals surface area contributed by atoms with Crippen LogP contribution >= 0.6 is 0 Å². The number of nitrogens with zero attached hydrogens (tertiary/aromatic N) is 1. The van der Waals surface area contributed by atoms with Crippen LogP contribution in [0.4, 0.5) is 0 Å². The molecular weight excluding hydrogens is 402 g/mol. The maximum absolute atomic E-state index is 12.9. The fraction of sp³-hybridized carbons (Fsp3) is 0.273. The molecule has 158 valence electrons. The molecule has 0 radical (unpaired) electrons. The molecule has 0 unspecified atom stereocenters. The number of aromatic nitrogens is 1. The fourth-order valence-electron chi connectivity index (χ4n) is 3.22. The van der Waals surface area contributed by atoms with Gasteiger partial charge in [0.1, 0.15) is 5.56 Å². The van der Waals surface area contributed by atoms with Crippen LogP contribution in [0.5, 0.6) is 0 Å².